The highest BCUT2D eigenvalue weighted by Crippen LogP contribution is 2.34. The normalized spacial score (nSPS) is 18.1. The average molecular weight is 282 g/mol. The molecule has 0 spiro atoms. The van der Waals surface area contributed by atoms with Gasteiger partial charge in [-0.25, -0.2) is 0 Å². The van der Waals surface area contributed by atoms with Gasteiger partial charge in [-0.2, -0.15) is 0 Å². The molecule has 1 aromatic carbocycles. The van der Waals surface area contributed by atoms with Crippen LogP contribution in [0.1, 0.15) is 44.6 Å². The summed E-state index contributed by atoms with van der Waals surface area (Å²) < 4.78 is 5.42. The lowest BCUT2D eigenvalue weighted by Gasteiger charge is -2.29. The Morgan fingerprint density at radius 3 is 2.58 bits per heavy atom. The van der Waals surface area contributed by atoms with Crippen molar-refractivity contribution >= 4 is 17.3 Å². The molecule has 0 aromatic heterocycles. The Labute approximate surface area is 121 Å². The molecule has 106 valence electrons. The monoisotopic (exact) mass is 281 g/mol. The van der Waals surface area contributed by atoms with Crippen molar-refractivity contribution in [2.24, 2.45) is 5.92 Å². The zero-order valence-corrected chi connectivity index (χ0v) is 12.9. The molecule has 1 N–H and O–H groups in total. The van der Waals surface area contributed by atoms with E-state index in [9.17, 15) is 0 Å². The quantitative estimate of drug-likeness (QED) is 0.835. The van der Waals surface area contributed by atoms with E-state index in [1.807, 2.05) is 13.0 Å². The Hall–Kier alpha value is -0.890. The van der Waals surface area contributed by atoms with Gasteiger partial charge in [0.15, 0.2) is 0 Å². The molecular formula is C16H24ClNO. The van der Waals surface area contributed by atoms with Crippen LogP contribution in [0, 0.1) is 12.8 Å². The predicted molar refractivity (Wildman–Crippen MR) is 82.4 cm³/mol. The molecule has 0 saturated heterocycles. The molecule has 1 aliphatic rings. The number of nitrogens with one attached hydrogen (secondary N) is 1. The average Bonchev–Trinajstić information content (AvgIpc) is 2.43. The van der Waals surface area contributed by atoms with E-state index in [0.29, 0.717) is 6.04 Å². The fraction of sp³-hybridized carbons (Fsp3) is 0.625. The van der Waals surface area contributed by atoms with Gasteiger partial charge in [-0.05, 0) is 44.2 Å². The molecular weight excluding hydrogens is 258 g/mol. The van der Waals surface area contributed by atoms with Crippen molar-refractivity contribution in [1.29, 1.82) is 0 Å². The van der Waals surface area contributed by atoms with Gasteiger partial charge in [-0.15, -0.1) is 0 Å². The second-order valence-electron chi connectivity index (χ2n) is 5.63. The van der Waals surface area contributed by atoms with Crippen LogP contribution in [0.5, 0.6) is 5.75 Å². The lowest BCUT2D eigenvalue weighted by Crippen LogP contribution is -2.27. The minimum atomic E-state index is 0.481. The predicted octanol–water partition coefficient (Wildman–Crippen LogP) is 5.04. The summed E-state index contributed by atoms with van der Waals surface area (Å²) in [4.78, 5) is 0. The molecule has 1 aromatic rings. The van der Waals surface area contributed by atoms with Gasteiger partial charge < -0.3 is 10.1 Å². The van der Waals surface area contributed by atoms with E-state index >= 15 is 0 Å². The van der Waals surface area contributed by atoms with Gasteiger partial charge in [0, 0.05) is 17.1 Å². The summed E-state index contributed by atoms with van der Waals surface area (Å²) in [5.41, 5.74) is 2.14. The highest BCUT2D eigenvalue weighted by Gasteiger charge is 2.21. The largest absolute Gasteiger partial charge is 0.495 e. The summed E-state index contributed by atoms with van der Waals surface area (Å²) in [6.45, 7) is 4.30. The summed E-state index contributed by atoms with van der Waals surface area (Å²) in [5.74, 6) is 1.60. The fourth-order valence-electron chi connectivity index (χ4n) is 2.94. The summed E-state index contributed by atoms with van der Waals surface area (Å²) >= 11 is 6.14. The van der Waals surface area contributed by atoms with Crippen LogP contribution in [0.2, 0.25) is 5.02 Å². The van der Waals surface area contributed by atoms with Crippen molar-refractivity contribution in [3.63, 3.8) is 0 Å². The maximum atomic E-state index is 6.14. The second-order valence-corrected chi connectivity index (χ2v) is 6.04. The van der Waals surface area contributed by atoms with Crippen molar-refractivity contribution in [2.75, 3.05) is 12.4 Å². The molecule has 19 heavy (non-hydrogen) atoms. The van der Waals surface area contributed by atoms with Gasteiger partial charge in [-0.1, -0.05) is 30.9 Å². The van der Waals surface area contributed by atoms with Crippen molar-refractivity contribution < 1.29 is 4.74 Å². The van der Waals surface area contributed by atoms with E-state index in [-0.39, 0.29) is 0 Å². The van der Waals surface area contributed by atoms with Gasteiger partial charge in [-0.3, -0.25) is 0 Å². The minimum Gasteiger partial charge on any atom is -0.495 e. The number of benzene rings is 1. The molecule has 3 heteroatoms. The van der Waals surface area contributed by atoms with E-state index in [1.165, 1.54) is 32.1 Å². The lowest BCUT2D eigenvalue weighted by atomic mass is 9.84. The summed E-state index contributed by atoms with van der Waals surface area (Å²) in [6.07, 6.45) is 6.81. The first-order valence-electron chi connectivity index (χ1n) is 7.22. The smallest absolute Gasteiger partial charge is 0.143 e. The molecule has 0 amide bonds. The van der Waals surface area contributed by atoms with Crippen LogP contribution in [0.15, 0.2) is 12.1 Å². The molecule has 0 heterocycles. The Kier molecular flexibility index (Phi) is 4.98. The number of hydrogen-bond acceptors (Lipinski definition) is 2. The van der Waals surface area contributed by atoms with Crippen LogP contribution < -0.4 is 10.1 Å². The first kappa shape index (κ1) is 14.5. The van der Waals surface area contributed by atoms with E-state index in [1.54, 1.807) is 7.11 Å². The minimum absolute atomic E-state index is 0.481. The number of anilines is 1. The number of hydrogen-bond donors (Lipinski definition) is 1. The maximum Gasteiger partial charge on any atom is 0.143 e. The van der Waals surface area contributed by atoms with Crippen molar-refractivity contribution in [3.8, 4) is 5.75 Å². The number of ether oxygens (including phenoxy) is 1. The van der Waals surface area contributed by atoms with Crippen LogP contribution in [-0.4, -0.2) is 13.2 Å². The van der Waals surface area contributed by atoms with E-state index < -0.39 is 0 Å². The Morgan fingerprint density at radius 1 is 1.26 bits per heavy atom. The SMILES string of the molecule is COc1cc(Cl)c(C)cc1NC(C)C1CCCCC1. The summed E-state index contributed by atoms with van der Waals surface area (Å²) in [6, 6.07) is 4.46. The van der Waals surface area contributed by atoms with E-state index in [0.717, 1.165) is 27.9 Å². The van der Waals surface area contributed by atoms with Crippen LogP contribution in [0.4, 0.5) is 5.69 Å². The van der Waals surface area contributed by atoms with E-state index in [4.69, 9.17) is 16.3 Å². The fourth-order valence-corrected chi connectivity index (χ4v) is 3.10. The van der Waals surface area contributed by atoms with Crippen molar-refractivity contribution in [2.45, 2.75) is 52.0 Å². The molecule has 1 atom stereocenters. The third-order valence-electron chi connectivity index (χ3n) is 4.22. The molecule has 0 aliphatic heterocycles. The number of halogens is 1. The topological polar surface area (TPSA) is 21.3 Å². The molecule has 1 fully saturated rings. The van der Waals surface area contributed by atoms with Crippen LogP contribution in [0.25, 0.3) is 0 Å². The highest BCUT2D eigenvalue weighted by atomic mass is 35.5. The molecule has 0 radical (unpaired) electrons. The standard InChI is InChI=1S/C16H24ClNO/c1-11-9-15(16(19-3)10-14(11)17)18-12(2)13-7-5-4-6-8-13/h9-10,12-13,18H,4-8H2,1-3H3. The van der Waals surface area contributed by atoms with Crippen LogP contribution >= 0.6 is 11.6 Å². The molecule has 2 nitrogen and oxygen atoms in total. The molecule has 2 rings (SSSR count). The lowest BCUT2D eigenvalue weighted by molar-refractivity contribution is 0.327. The van der Waals surface area contributed by atoms with Gasteiger partial charge in [0.25, 0.3) is 0 Å². The number of rotatable bonds is 4. The Balaban J connectivity index is 2.10. The van der Waals surface area contributed by atoms with Gasteiger partial charge >= 0.3 is 0 Å². The third kappa shape index (κ3) is 3.56. The first-order chi connectivity index (χ1) is 9.11. The third-order valence-corrected chi connectivity index (χ3v) is 4.63. The van der Waals surface area contributed by atoms with Crippen molar-refractivity contribution in [3.05, 3.63) is 22.7 Å². The highest BCUT2D eigenvalue weighted by molar-refractivity contribution is 6.31. The maximum absolute atomic E-state index is 6.14. The molecule has 1 unspecified atom stereocenters. The number of methoxy groups -OCH3 is 1. The molecule has 0 bridgehead atoms. The molecule has 1 aliphatic carbocycles. The van der Waals surface area contributed by atoms with Crippen LogP contribution in [0.3, 0.4) is 0 Å². The van der Waals surface area contributed by atoms with Gasteiger partial charge in [0.1, 0.15) is 5.75 Å². The van der Waals surface area contributed by atoms with Crippen LogP contribution in [-0.2, 0) is 0 Å². The zero-order chi connectivity index (χ0) is 13.8. The zero-order valence-electron chi connectivity index (χ0n) is 12.1. The first-order valence-corrected chi connectivity index (χ1v) is 7.60. The van der Waals surface area contributed by atoms with Gasteiger partial charge in [0.05, 0.1) is 12.8 Å². The number of aryl methyl sites for hydroxylation is 1. The van der Waals surface area contributed by atoms with Gasteiger partial charge in [0.2, 0.25) is 0 Å². The molecule has 1 saturated carbocycles. The van der Waals surface area contributed by atoms with Crippen molar-refractivity contribution in [1.82, 2.24) is 0 Å². The summed E-state index contributed by atoms with van der Waals surface area (Å²) in [5, 5.41) is 4.37. The second kappa shape index (κ2) is 6.51. The van der Waals surface area contributed by atoms with E-state index in [2.05, 4.69) is 18.3 Å². The Bertz CT molecular complexity index is 427. The Morgan fingerprint density at radius 2 is 1.95 bits per heavy atom. The summed E-state index contributed by atoms with van der Waals surface area (Å²) in [7, 11) is 1.69.